The van der Waals surface area contributed by atoms with Gasteiger partial charge in [-0.3, -0.25) is 4.79 Å². The second kappa shape index (κ2) is 10.9. The molecular weight excluding hydrogens is 368 g/mol. The lowest BCUT2D eigenvalue weighted by Gasteiger charge is -2.13. The van der Waals surface area contributed by atoms with Gasteiger partial charge in [-0.05, 0) is 42.3 Å². The topological polar surface area (TPSA) is 75.2 Å². The molecule has 7 nitrogen and oxygen atoms in total. The number of aliphatic imine (C=N–C) groups is 1. The molecule has 2 aromatic carbocycles. The van der Waals surface area contributed by atoms with Crippen molar-refractivity contribution in [3.05, 3.63) is 59.2 Å². The fourth-order valence-corrected chi connectivity index (χ4v) is 2.70. The van der Waals surface area contributed by atoms with Crippen LogP contribution in [-0.2, 0) is 13.1 Å². The number of carbonyl (C=O) groups excluding carboxylic acids is 1. The molecule has 0 aliphatic heterocycles. The molecule has 0 unspecified atom stereocenters. The van der Waals surface area contributed by atoms with Gasteiger partial charge in [0.2, 0.25) is 0 Å². The monoisotopic (exact) mass is 398 g/mol. The summed E-state index contributed by atoms with van der Waals surface area (Å²) in [6, 6.07) is 13.3. The van der Waals surface area contributed by atoms with E-state index in [4.69, 9.17) is 9.47 Å². The minimum Gasteiger partial charge on any atom is -0.493 e. The van der Waals surface area contributed by atoms with E-state index in [9.17, 15) is 4.79 Å². The van der Waals surface area contributed by atoms with Gasteiger partial charge in [-0.25, -0.2) is 4.99 Å². The molecule has 0 spiro atoms. The van der Waals surface area contributed by atoms with Crippen LogP contribution in [0.2, 0.25) is 0 Å². The minimum atomic E-state index is -0.00525. The Labute approximate surface area is 172 Å². The van der Waals surface area contributed by atoms with Gasteiger partial charge in [0, 0.05) is 32.7 Å². The van der Waals surface area contributed by atoms with E-state index >= 15 is 0 Å². The average molecular weight is 399 g/mol. The first-order valence-electron chi connectivity index (χ1n) is 9.52. The standard InChI is InChI=1S/C22H30N4O3/c1-6-23-22(25-15-17-9-12-19(28-4)20(13-17)29-5)24-14-16-7-10-18(11-8-16)21(27)26(2)3/h7-13H,6,14-15H2,1-5H3,(H2,23,24,25). The molecule has 0 aromatic heterocycles. The van der Waals surface area contributed by atoms with Crippen molar-refractivity contribution in [3.63, 3.8) is 0 Å². The molecule has 0 aliphatic rings. The highest BCUT2D eigenvalue weighted by molar-refractivity contribution is 5.93. The number of hydrogen-bond donors (Lipinski definition) is 2. The van der Waals surface area contributed by atoms with Gasteiger partial charge in [-0.2, -0.15) is 0 Å². The van der Waals surface area contributed by atoms with E-state index < -0.39 is 0 Å². The molecule has 1 amide bonds. The van der Waals surface area contributed by atoms with E-state index in [1.54, 1.807) is 33.2 Å². The second-order valence-electron chi connectivity index (χ2n) is 6.63. The smallest absolute Gasteiger partial charge is 0.253 e. The van der Waals surface area contributed by atoms with Crippen molar-refractivity contribution >= 4 is 11.9 Å². The molecule has 0 bridgehead atoms. The highest BCUT2D eigenvalue weighted by Gasteiger charge is 2.08. The molecule has 0 atom stereocenters. The van der Waals surface area contributed by atoms with Crippen molar-refractivity contribution in [1.29, 1.82) is 0 Å². The Morgan fingerprint density at radius 3 is 2.21 bits per heavy atom. The van der Waals surface area contributed by atoms with Crippen molar-refractivity contribution in [2.24, 2.45) is 4.99 Å². The van der Waals surface area contributed by atoms with Crippen LogP contribution in [0.5, 0.6) is 11.5 Å². The number of ether oxygens (including phenoxy) is 2. The summed E-state index contributed by atoms with van der Waals surface area (Å²) in [5.41, 5.74) is 2.76. The summed E-state index contributed by atoms with van der Waals surface area (Å²) >= 11 is 0. The normalized spacial score (nSPS) is 11.0. The SMILES string of the molecule is CCNC(=NCc1ccc(OC)c(OC)c1)NCc1ccc(C(=O)N(C)C)cc1. The van der Waals surface area contributed by atoms with Gasteiger partial charge < -0.3 is 25.0 Å². The van der Waals surface area contributed by atoms with E-state index in [1.807, 2.05) is 49.4 Å². The fraction of sp³-hybridized carbons (Fsp3) is 0.364. The van der Waals surface area contributed by atoms with Crippen molar-refractivity contribution in [1.82, 2.24) is 15.5 Å². The molecule has 2 rings (SSSR count). The number of methoxy groups -OCH3 is 2. The lowest BCUT2D eigenvalue weighted by molar-refractivity contribution is 0.0827. The van der Waals surface area contributed by atoms with E-state index in [1.165, 1.54) is 0 Å². The average Bonchev–Trinajstić information content (AvgIpc) is 2.75. The number of carbonyl (C=O) groups is 1. The third-order valence-corrected chi connectivity index (χ3v) is 4.28. The van der Waals surface area contributed by atoms with Gasteiger partial charge in [0.25, 0.3) is 5.91 Å². The first-order chi connectivity index (χ1) is 14.0. The first kappa shape index (κ1) is 22.1. The Kier molecular flexibility index (Phi) is 8.33. The predicted octanol–water partition coefficient (Wildman–Crippen LogP) is 2.66. The number of amides is 1. The van der Waals surface area contributed by atoms with Crippen LogP contribution in [0.3, 0.4) is 0 Å². The van der Waals surface area contributed by atoms with Crippen LogP contribution in [0.4, 0.5) is 0 Å². The Morgan fingerprint density at radius 2 is 1.62 bits per heavy atom. The van der Waals surface area contributed by atoms with Gasteiger partial charge in [0.05, 0.1) is 20.8 Å². The van der Waals surface area contributed by atoms with E-state index in [0.29, 0.717) is 30.2 Å². The molecule has 0 fully saturated rings. The minimum absolute atomic E-state index is 0.00525. The molecular formula is C22H30N4O3. The zero-order valence-corrected chi connectivity index (χ0v) is 17.8. The maximum atomic E-state index is 12.0. The van der Waals surface area contributed by atoms with Crippen LogP contribution in [0.1, 0.15) is 28.4 Å². The fourth-order valence-electron chi connectivity index (χ4n) is 2.70. The summed E-state index contributed by atoms with van der Waals surface area (Å²) < 4.78 is 10.6. The van der Waals surface area contributed by atoms with Crippen molar-refractivity contribution < 1.29 is 14.3 Å². The van der Waals surface area contributed by atoms with Crippen LogP contribution in [0.15, 0.2) is 47.5 Å². The quantitative estimate of drug-likeness (QED) is 0.528. The predicted molar refractivity (Wildman–Crippen MR) is 116 cm³/mol. The number of benzene rings is 2. The molecule has 7 heteroatoms. The van der Waals surface area contributed by atoms with Gasteiger partial charge in [0.15, 0.2) is 17.5 Å². The number of hydrogen-bond acceptors (Lipinski definition) is 4. The highest BCUT2D eigenvalue weighted by atomic mass is 16.5. The van der Waals surface area contributed by atoms with Crippen molar-refractivity contribution in [2.75, 3.05) is 34.9 Å². The molecule has 0 saturated heterocycles. The van der Waals surface area contributed by atoms with E-state index in [0.717, 1.165) is 23.6 Å². The number of rotatable bonds is 8. The lowest BCUT2D eigenvalue weighted by Crippen LogP contribution is -2.36. The number of nitrogens with zero attached hydrogens (tertiary/aromatic N) is 2. The number of guanidine groups is 1. The summed E-state index contributed by atoms with van der Waals surface area (Å²) in [5.74, 6) is 2.09. The Bertz CT molecular complexity index is 832. The summed E-state index contributed by atoms with van der Waals surface area (Å²) in [5, 5.41) is 6.56. The van der Waals surface area contributed by atoms with Crippen LogP contribution in [0, 0.1) is 0 Å². The summed E-state index contributed by atoms with van der Waals surface area (Å²) in [6.07, 6.45) is 0. The van der Waals surface area contributed by atoms with Gasteiger partial charge in [-0.15, -0.1) is 0 Å². The Morgan fingerprint density at radius 1 is 0.966 bits per heavy atom. The van der Waals surface area contributed by atoms with Crippen molar-refractivity contribution in [2.45, 2.75) is 20.0 Å². The lowest BCUT2D eigenvalue weighted by atomic mass is 10.1. The van der Waals surface area contributed by atoms with Gasteiger partial charge in [0.1, 0.15) is 0 Å². The molecule has 0 heterocycles. The third kappa shape index (κ3) is 6.41. The highest BCUT2D eigenvalue weighted by Crippen LogP contribution is 2.27. The van der Waals surface area contributed by atoms with Gasteiger partial charge in [-0.1, -0.05) is 18.2 Å². The zero-order valence-electron chi connectivity index (χ0n) is 17.8. The van der Waals surface area contributed by atoms with Crippen LogP contribution < -0.4 is 20.1 Å². The van der Waals surface area contributed by atoms with Crippen LogP contribution in [0.25, 0.3) is 0 Å². The molecule has 29 heavy (non-hydrogen) atoms. The van der Waals surface area contributed by atoms with E-state index in [-0.39, 0.29) is 5.91 Å². The van der Waals surface area contributed by atoms with Crippen LogP contribution >= 0.6 is 0 Å². The van der Waals surface area contributed by atoms with E-state index in [2.05, 4.69) is 15.6 Å². The van der Waals surface area contributed by atoms with Crippen LogP contribution in [-0.4, -0.2) is 51.6 Å². The maximum Gasteiger partial charge on any atom is 0.253 e. The Hall–Kier alpha value is -3.22. The summed E-state index contributed by atoms with van der Waals surface area (Å²) in [6.45, 7) is 3.89. The molecule has 0 aliphatic carbocycles. The molecule has 0 radical (unpaired) electrons. The summed E-state index contributed by atoms with van der Waals surface area (Å²) in [4.78, 5) is 18.2. The third-order valence-electron chi connectivity index (χ3n) is 4.28. The number of nitrogens with one attached hydrogen (secondary N) is 2. The first-order valence-corrected chi connectivity index (χ1v) is 9.52. The largest absolute Gasteiger partial charge is 0.493 e. The van der Waals surface area contributed by atoms with Gasteiger partial charge >= 0.3 is 0 Å². The maximum absolute atomic E-state index is 12.0. The van der Waals surface area contributed by atoms with Crippen molar-refractivity contribution in [3.8, 4) is 11.5 Å². The molecule has 0 saturated carbocycles. The Balaban J connectivity index is 2.01. The zero-order chi connectivity index (χ0) is 21.2. The molecule has 2 N–H and O–H groups in total. The summed E-state index contributed by atoms with van der Waals surface area (Å²) in [7, 11) is 6.73. The second-order valence-corrected chi connectivity index (χ2v) is 6.63. The molecule has 2 aromatic rings. The molecule has 156 valence electrons.